The quantitative estimate of drug-likeness (QED) is 0.642. The second kappa shape index (κ2) is 3.18. The smallest absolute Gasteiger partial charge is 0.254 e. The SMILES string of the molecule is Cn1cc(C(=O)NCC2CO2)cn1. The lowest BCUT2D eigenvalue weighted by Gasteiger charge is -1.98. The van der Waals surface area contributed by atoms with Crippen LogP contribution >= 0.6 is 0 Å². The molecule has 70 valence electrons. The number of carbonyl (C=O) groups is 1. The average molecular weight is 181 g/mol. The molecule has 1 unspecified atom stereocenters. The zero-order valence-corrected chi connectivity index (χ0v) is 7.36. The molecule has 0 spiro atoms. The summed E-state index contributed by atoms with van der Waals surface area (Å²) in [6, 6.07) is 0. The number of rotatable bonds is 3. The number of amides is 1. The Bertz CT molecular complexity index is 317. The molecule has 1 aliphatic rings. The Balaban J connectivity index is 1.88. The molecule has 2 heterocycles. The summed E-state index contributed by atoms with van der Waals surface area (Å²) in [5, 5.41) is 6.66. The van der Waals surface area contributed by atoms with Crippen molar-refractivity contribution < 1.29 is 9.53 Å². The number of ether oxygens (including phenoxy) is 1. The van der Waals surface area contributed by atoms with Crippen LogP contribution in [0.3, 0.4) is 0 Å². The summed E-state index contributed by atoms with van der Waals surface area (Å²) in [6.07, 6.45) is 3.45. The molecule has 13 heavy (non-hydrogen) atoms. The van der Waals surface area contributed by atoms with Gasteiger partial charge >= 0.3 is 0 Å². The highest BCUT2D eigenvalue weighted by Gasteiger charge is 2.23. The first kappa shape index (κ1) is 8.25. The van der Waals surface area contributed by atoms with Gasteiger partial charge in [0.25, 0.3) is 5.91 Å². The predicted molar refractivity (Wildman–Crippen MR) is 45.3 cm³/mol. The summed E-state index contributed by atoms with van der Waals surface area (Å²) in [5.41, 5.74) is 0.586. The fraction of sp³-hybridized carbons (Fsp3) is 0.500. The van der Waals surface area contributed by atoms with Gasteiger partial charge < -0.3 is 10.1 Å². The lowest BCUT2D eigenvalue weighted by Crippen LogP contribution is -2.27. The Labute approximate surface area is 75.7 Å². The Hall–Kier alpha value is -1.36. The van der Waals surface area contributed by atoms with Gasteiger partial charge in [-0.05, 0) is 0 Å². The van der Waals surface area contributed by atoms with E-state index in [2.05, 4.69) is 10.4 Å². The lowest BCUT2D eigenvalue weighted by molar-refractivity contribution is 0.0950. The molecule has 1 N–H and O–H groups in total. The third-order valence-electron chi connectivity index (χ3n) is 1.86. The standard InChI is InChI=1S/C8H11N3O2/c1-11-4-6(2-10-11)8(12)9-3-7-5-13-7/h2,4,7H,3,5H2,1H3,(H,9,12). The van der Waals surface area contributed by atoms with Gasteiger partial charge in [0.1, 0.15) is 0 Å². The van der Waals surface area contributed by atoms with Crippen LogP contribution in [-0.2, 0) is 11.8 Å². The van der Waals surface area contributed by atoms with Gasteiger partial charge in [-0.1, -0.05) is 0 Å². The molecule has 5 heteroatoms. The Morgan fingerprint density at radius 1 is 1.92 bits per heavy atom. The third kappa shape index (κ3) is 2.06. The second-order valence-electron chi connectivity index (χ2n) is 3.07. The molecular formula is C8H11N3O2. The number of epoxide rings is 1. The molecule has 2 rings (SSSR count). The summed E-state index contributed by atoms with van der Waals surface area (Å²) >= 11 is 0. The van der Waals surface area contributed by atoms with Crippen molar-refractivity contribution in [2.75, 3.05) is 13.2 Å². The topological polar surface area (TPSA) is 59.5 Å². The molecular weight excluding hydrogens is 170 g/mol. The second-order valence-corrected chi connectivity index (χ2v) is 3.07. The number of nitrogens with one attached hydrogen (secondary N) is 1. The Morgan fingerprint density at radius 2 is 2.69 bits per heavy atom. The van der Waals surface area contributed by atoms with Crippen molar-refractivity contribution in [3.8, 4) is 0 Å². The zero-order chi connectivity index (χ0) is 9.26. The van der Waals surface area contributed by atoms with E-state index in [4.69, 9.17) is 4.74 Å². The maximum absolute atomic E-state index is 11.4. The Morgan fingerprint density at radius 3 is 3.23 bits per heavy atom. The lowest BCUT2D eigenvalue weighted by atomic mass is 10.3. The molecule has 5 nitrogen and oxygen atoms in total. The summed E-state index contributed by atoms with van der Waals surface area (Å²) in [4.78, 5) is 11.4. The number of aryl methyl sites for hydroxylation is 1. The van der Waals surface area contributed by atoms with Crippen LogP contribution in [0, 0.1) is 0 Å². The number of nitrogens with zero attached hydrogens (tertiary/aromatic N) is 2. The van der Waals surface area contributed by atoms with E-state index < -0.39 is 0 Å². The largest absolute Gasteiger partial charge is 0.371 e. The fourth-order valence-electron chi connectivity index (χ4n) is 1.03. The molecule has 1 aromatic rings. The van der Waals surface area contributed by atoms with Crippen molar-refractivity contribution in [2.24, 2.45) is 7.05 Å². The van der Waals surface area contributed by atoms with E-state index in [1.165, 1.54) is 0 Å². The van der Waals surface area contributed by atoms with Gasteiger partial charge in [-0.15, -0.1) is 0 Å². The van der Waals surface area contributed by atoms with Gasteiger partial charge in [0.2, 0.25) is 0 Å². The summed E-state index contributed by atoms with van der Waals surface area (Å²) in [5.74, 6) is -0.0939. The summed E-state index contributed by atoms with van der Waals surface area (Å²) < 4.78 is 6.56. The van der Waals surface area contributed by atoms with Crippen molar-refractivity contribution in [3.63, 3.8) is 0 Å². The van der Waals surface area contributed by atoms with E-state index in [9.17, 15) is 4.79 Å². The highest BCUT2D eigenvalue weighted by atomic mass is 16.6. The van der Waals surface area contributed by atoms with Gasteiger partial charge in [-0.25, -0.2) is 0 Å². The number of carbonyl (C=O) groups excluding carboxylic acids is 1. The van der Waals surface area contributed by atoms with Crippen LogP contribution in [0.1, 0.15) is 10.4 Å². The number of aromatic nitrogens is 2. The molecule has 0 bridgehead atoms. The van der Waals surface area contributed by atoms with Crippen molar-refractivity contribution in [1.29, 1.82) is 0 Å². The highest BCUT2D eigenvalue weighted by molar-refractivity contribution is 5.93. The van der Waals surface area contributed by atoms with Crippen LogP contribution in [0.15, 0.2) is 12.4 Å². The van der Waals surface area contributed by atoms with E-state index in [-0.39, 0.29) is 12.0 Å². The van der Waals surface area contributed by atoms with E-state index >= 15 is 0 Å². The molecule has 0 saturated carbocycles. The molecule has 1 amide bonds. The molecule has 1 fully saturated rings. The van der Waals surface area contributed by atoms with Crippen molar-refractivity contribution in [3.05, 3.63) is 18.0 Å². The first-order chi connectivity index (χ1) is 6.25. The van der Waals surface area contributed by atoms with E-state index in [0.717, 1.165) is 6.61 Å². The minimum atomic E-state index is -0.0939. The van der Waals surface area contributed by atoms with E-state index in [0.29, 0.717) is 12.1 Å². The Kier molecular flexibility index (Phi) is 2.02. The first-order valence-corrected chi connectivity index (χ1v) is 4.14. The maximum atomic E-state index is 11.4. The van der Waals surface area contributed by atoms with E-state index in [1.807, 2.05) is 0 Å². The van der Waals surface area contributed by atoms with Crippen molar-refractivity contribution in [2.45, 2.75) is 6.10 Å². The molecule has 1 atom stereocenters. The average Bonchev–Trinajstić information content (AvgIpc) is 2.84. The monoisotopic (exact) mass is 181 g/mol. The number of hydrogen-bond acceptors (Lipinski definition) is 3. The zero-order valence-electron chi connectivity index (χ0n) is 7.36. The first-order valence-electron chi connectivity index (χ1n) is 4.14. The molecule has 1 aliphatic heterocycles. The highest BCUT2D eigenvalue weighted by Crippen LogP contribution is 2.06. The van der Waals surface area contributed by atoms with Gasteiger partial charge in [0.05, 0.1) is 24.5 Å². The summed E-state index contributed by atoms with van der Waals surface area (Å²) in [7, 11) is 1.78. The van der Waals surface area contributed by atoms with Crippen LogP contribution in [-0.4, -0.2) is 34.9 Å². The summed E-state index contributed by atoms with van der Waals surface area (Å²) in [6.45, 7) is 1.35. The van der Waals surface area contributed by atoms with Crippen molar-refractivity contribution >= 4 is 5.91 Å². The molecule has 1 aromatic heterocycles. The minimum Gasteiger partial charge on any atom is -0.371 e. The maximum Gasteiger partial charge on any atom is 0.254 e. The third-order valence-corrected chi connectivity index (χ3v) is 1.86. The van der Waals surface area contributed by atoms with Gasteiger partial charge in [0, 0.05) is 19.8 Å². The molecule has 0 aliphatic carbocycles. The van der Waals surface area contributed by atoms with Crippen LogP contribution in [0.2, 0.25) is 0 Å². The van der Waals surface area contributed by atoms with Gasteiger partial charge in [-0.2, -0.15) is 5.10 Å². The van der Waals surface area contributed by atoms with Crippen LogP contribution in [0.4, 0.5) is 0 Å². The molecule has 0 aromatic carbocycles. The van der Waals surface area contributed by atoms with Crippen LogP contribution < -0.4 is 5.32 Å². The number of hydrogen-bond donors (Lipinski definition) is 1. The minimum absolute atomic E-state index is 0.0939. The predicted octanol–water partition coefficient (Wildman–Crippen LogP) is -0.451. The van der Waals surface area contributed by atoms with Crippen LogP contribution in [0.5, 0.6) is 0 Å². The van der Waals surface area contributed by atoms with Crippen LogP contribution in [0.25, 0.3) is 0 Å². The normalized spacial score (nSPS) is 19.9. The van der Waals surface area contributed by atoms with Crippen molar-refractivity contribution in [1.82, 2.24) is 15.1 Å². The fourth-order valence-corrected chi connectivity index (χ4v) is 1.03. The van der Waals surface area contributed by atoms with Gasteiger partial charge in [-0.3, -0.25) is 9.48 Å². The van der Waals surface area contributed by atoms with Gasteiger partial charge in [0.15, 0.2) is 0 Å². The molecule has 0 radical (unpaired) electrons. The molecule has 1 saturated heterocycles. The van der Waals surface area contributed by atoms with E-state index in [1.54, 1.807) is 24.1 Å².